The van der Waals surface area contributed by atoms with Crippen molar-refractivity contribution in [1.82, 2.24) is 4.98 Å². The smallest absolute Gasteiger partial charge is 0.257 e. The summed E-state index contributed by atoms with van der Waals surface area (Å²) in [4.78, 5) is 18.8. The number of rotatable bonds is 4. The summed E-state index contributed by atoms with van der Waals surface area (Å²) in [5, 5.41) is 3.51. The van der Waals surface area contributed by atoms with E-state index in [1.54, 1.807) is 18.5 Å². The number of nitrogens with one attached hydrogen (secondary N) is 1. The van der Waals surface area contributed by atoms with Gasteiger partial charge in [-0.3, -0.25) is 9.78 Å². The van der Waals surface area contributed by atoms with Gasteiger partial charge in [0.05, 0.1) is 17.4 Å². The Morgan fingerprint density at radius 3 is 2.56 bits per heavy atom. The number of carbonyl (C=O) groups excluding carboxylic acids is 1. The van der Waals surface area contributed by atoms with Crippen molar-refractivity contribution >= 4 is 34.6 Å². The van der Waals surface area contributed by atoms with E-state index in [0.717, 1.165) is 16.9 Å². The van der Waals surface area contributed by atoms with Crippen molar-refractivity contribution in [3.05, 3.63) is 83.1 Å². The summed E-state index contributed by atoms with van der Waals surface area (Å²) in [7, 11) is 1.94. The molecule has 0 aliphatic heterocycles. The molecule has 3 rings (SSSR count). The Morgan fingerprint density at radius 1 is 1.04 bits per heavy atom. The molecule has 2 aromatic carbocycles. The van der Waals surface area contributed by atoms with E-state index in [0.29, 0.717) is 16.3 Å². The molecule has 0 fully saturated rings. The normalized spacial score (nSPS) is 10.4. The predicted octanol–water partition coefficient (Wildman–Crippen LogP) is 5.06. The first-order chi connectivity index (χ1) is 12.1. The number of amides is 1. The standard InChI is InChI=1S/C20H18ClN3O/c1-14-18(21)9-6-10-19(14)23-20(25)15-11-17(13-22-12-15)24(2)16-7-4-3-5-8-16/h3-13H,1-2H3,(H,23,25). The maximum Gasteiger partial charge on any atom is 0.257 e. The number of nitrogens with zero attached hydrogens (tertiary/aromatic N) is 2. The molecule has 5 heteroatoms. The molecule has 0 aliphatic rings. The Bertz CT molecular complexity index is 896. The molecule has 0 aliphatic carbocycles. The summed E-state index contributed by atoms with van der Waals surface area (Å²) < 4.78 is 0. The summed E-state index contributed by atoms with van der Waals surface area (Å²) in [5.41, 5.74) is 3.87. The first kappa shape index (κ1) is 17.0. The van der Waals surface area contributed by atoms with E-state index in [1.165, 1.54) is 0 Å². The topological polar surface area (TPSA) is 45.2 Å². The molecule has 4 nitrogen and oxygen atoms in total. The molecule has 1 N–H and O–H groups in total. The van der Waals surface area contributed by atoms with Gasteiger partial charge in [0, 0.05) is 29.6 Å². The van der Waals surface area contributed by atoms with Gasteiger partial charge >= 0.3 is 0 Å². The predicted molar refractivity (Wildman–Crippen MR) is 103 cm³/mol. The van der Waals surface area contributed by atoms with E-state index in [-0.39, 0.29) is 5.91 Å². The van der Waals surface area contributed by atoms with Crippen LogP contribution >= 0.6 is 11.6 Å². The maximum atomic E-state index is 12.6. The highest BCUT2D eigenvalue weighted by Crippen LogP contribution is 2.25. The number of para-hydroxylation sites is 1. The van der Waals surface area contributed by atoms with Gasteiger partial charge in [-0.15, -0.1) is 0 Å². The van der Waals surface area contributed by atoms with Gasteiger partial charge in [-0.05, 0) is 42.8 Å². The highest BCUT2D eigenvalue weighted by Gasteiger charge is 2.12. The Morgan fingerprint density at radius 2 is 1.80 bits per heavy atom. The average Bonchev–Trinajstić information content (AvgIpc) is 2.65. The van der Waals surface area contributed by atoms with E-state index in [2.05, 4.69) is 10.3 Å². The van der Waals surface area contributed by atoms with Crippen molar-refractivity contribution in [2.45, 2.75) is 6.92 Å². The number of hydrogen-bond donors (Lipinski definition) is 1. The highest BCUT2D eigenvalue weighted by molar-refractivity contribution is 6.31. The molecule has 1 aromatic heterocycles. The third-order valence-electron chi connectivity index (χ3n) is 4.03. The summed E-state index contributed by atoms with van der Waals surface area (Å²) in [6, 6.07) is 17.2. The molecule has 0 radical (unpaired) electrons. The first-order valence-electron chi connectivity index (χ1n) is 7.86. The summed E-state index contributed by atoms with van der Waals surface area (Å²) in [6.07, 6.45) is 3.28. The third kappa shape index (κ3) is 3.80. The van der Waals surface area contributed by atoms with Crippen molar-refractivity contribution in [1.29, 1.82) is 0 Å². The minimum Gasteiger partial charge on any atom is -0.343 e. The summed E-state index contributed by atoms with van der Waals surface area (Å²) in [6.45, 7) is 1.87. The zero-order valence-corrected chi connectivity index (χ0v) is 14.8. The molecule has 126 valence electrons. The molecule has 25 heavy (non-hydrogen) atoms. The lowest BCUT2D eigenvalue weighted by Gasteiger charge is -2.19. The first-order valence-corrected chi connectivity index (χ1v) is 8.24. The number of pyridine rings is 1. The van der Waals surface area contributed by atoms with Gasteiger partial charge in [-0.2, -0.15) is 0 Å². The molecule has 0 spiro atoms. The van der Waals surface area contributed by atoms with Gasteiger partial charge < -0.3 is 10.2 Å². The molecular weight excluding hydrogens is 334 g/mol. The van der Waals surface area contributed by atoms with Crippen molar-refractivity contribution in [2.75, 3.05) is 17.3 Å². The van der Waals surface area contributed by atoms with E-state index in [1.807, 2.05) is 67.4 Å². The van der Waals surface area contributed by atoms with Crippen LogP contribution in [-0.2, 0) is 0 Å². The van der Waals surface area contributed by atoms with Crippen molar-refractivity contribution in [3.63, 3.8) is 0 Å². The van der Waals surface area contributed by atoms with Crippen LogP contribution in [0.3, 0.4) is 0 Å². The van der Waals surface area contributed by atoms with Crippen LogP contribution in [0.15, 0.2) is 67.0 Å². The molecule has 0 unspecified atom stereocenters. The minimum atomic E-state index is -0.221. The van der Waals surface area contributed by atoms with Gasteiger partial charge in [0.1, 0.15) is 0 Å². The van der Waals surface area contributed by atoms with Gasteiger partial charge in [0.25, 0.3) is 5.91 Å². The molecular formula is C20H18ClN3O. The molecule has 0 saturated carbocycles. The number of anilines is 3. The quantitative estimate of drug-likeness (QED) is 0.714. The van der Waals surface area contributed by atoms with Crippen LogP contribution in [0.25, 0.3) is 0 Å². The lowest BCUT2D eigenvalue weighted by molar-refractivity contribution is 0.102. The minimum absolute atomic E-state index is 0.221. The van der Waals surface area contributed by atoms with E-state index >= 15 is 0 Å². The second-order valence-corrected chi connectivity index (χ2v) is 6.10. The zero-order valence-electron chi connectivity index (χ0n) is 14.0. The SMILES string of the molecule is Cc1c(Cl)cccc1NC(=O)c1cncc(N(C)c2ccccc2)c1. The van der Waals surface area contributed by atoms with Crippen LogP contribution in [0, 0.1) is 6.92 Å². The number of benzene rings is 2. The van der Waals surface area contributed by atoms with Crippen molar-refractivity contribution in [2.24, 2.45) is 0 Å². The molecule has 1 heterocycles. The zero-order chi connectivity index (χ0) is 17.8. The fourth-order valence-corrected chi connectivity index (χ4v) is 2.65. The average molecular weight is 352 g/mol. The third-order valence-corrected chi connectivity index (χ3v) is 4.44. The second kappa shape index (κ2) is 7.36. The van der Waals surface area contributed by atoms with Gasteiger partial charge in [-0.1, -0.05) is 35.9 Å². The van der Waals surface area contributed by atoms with Gasteiger partial charge in [-0.25, -0.2) is 0 Å². The monoisotopic (exact) mass is 351 g/mol. The van der Waals surface area contributed by atoms with Crippen molar-refractivity contribution in [3.8, 4) is 0 Å². The Labute approximate surface area is 152 Å². The summed E-state index contributed by atoms with van der Waals surface area (Å²) >= 11 is 6.11. The van der Waals surface area contributed by atoms with Gasteiger partial charge in [0.2, 0.25) is 0 Å². The van der Waals surface area contributed by atoms with Crippen LogP contribution in [0.4, 0.5) is 17.1 Å². The molecule has 3 aromatic rings. The van der Waals surface area contributed by atoms with Crippen LogP contribution in [0.5, 0.6) is 0 Å². The fraction of sp³-hybridized carbons (Fsp3) is 0.100. The molecule has 0 saturated heterocycles. The van der Waals surface area contributed by atoms with E-state index < -0.39 is 0 Å². The maximum absolute atomic E-state index is 12.6. The van der Waals surface area contributed by atoms with Gasteiger partial charge in [0.15, 0.2) is 0 Å². The molecule has 1 amide bonds. The number of halogens is 1. The molecule has 0 bridgehead atoms. The number of hydrogen-bond acceptors (Lipinski definition) is 3. The van der Waals surface area contributed by atoms with E-state index in [4.69, 9.17) is 11.6 Å². The van der Waals surface area contributed by atoms with E-state index in [9.17, 15) is 4.79 Å². The molecule has 0 atom stereocenters. The van der Waals surface area contributed by atoms with Crippen LogP contribution in [0.1, 0.15) is 15.9 Å². The highest BCUT2D eigenvalue weighted by atomic mass is 35.5. The van der Waals surface area contributed by atoms with Crippen molar-refractivity contribution < 1.29 is 4.79 Å². The Hall–Kier alpha value is -2.85. The Kier molecular flexibility index (Phi) is 5.00. The lowest BCUT2D eigenvalue weighted by atomic mass is 10.1. The largest absolute Gasteiger partial charge is 0.343 e. The lowest BCUT2D eigenvalue weighted by Crippen LogP contribution is -2.15. The van der Waals surface area contributed by atoms with Crippen LogP contribution in [0.2, 0.25) is 5.02 Å². The Balaban J connectivity index is 1.83. The van der Waals surface area contributed by atoms with Crippen LogP contribution < -0.4 is 10.2 Å². The second-order valence-electron chi connectivity index (χ2n) is 5.69. The number of carbonyl (C=O) groups is 1. The fourth-order valence-electron chi connectivity index (χ4n) is 2.47. The van der Waals surface area contributed by atoms with Crippen LogP contribution in [-0.4, -0.2) is 17.9 Å². The summed E-state index contributed by atoms with van der Waals surface area (Å²) in [5.74, 6) is -0.221. The number of aromatic nitrogens is 1.